The van der Waals surface area contributed by atoms with Gasteiger partial charge in [0, 0.05) is 23.0 Å². The minimum Gasteiger partial charge on any atom is -0.656 e. The molecule has 0 saturated carbocycles. The fourth-order valence-electron chi connectivity index (χ4n) is 11.1. The van der Waals surface area contributed by atoms with Crippen LogP contribution >= 0.6 is 0 Å². The number of fused-ring (bicyclic) bond motifs is 7. The van der Waals surface area contributed by atoms with E-state index in [9.17, 15) is 0 Å². The number of benzene rings is 9. The van der Waals surface area contributed by atoms with Crippen molar-refractivity contribution in [3.05, 3.63) is 270 Å². The molecular formula is C64H44N4Pt. The summed E-state index contributed by atoms with van der Waals surface area (Å²) in [4.78, 5) is 16.4. The standard InChI is InChI=1S/C64H44N4.Pt/c1-63(2,44-23-8-4-9-24-44)45-39-43(40-46(41-45)64(58-35-18-19-38-65-58)55-32-15-12-27-50(55)51-28-13-16-33-56(51)64)48-36-37-49(42-21-6-3-7-22-42)61-60(48)67-62(68(61)47-25-10-5-11-26-47)54-31-20-30-53-52-29-14-17-34-57(52)66-59(53)54;/h3-39,41H,1-2H3;/q-2;+2. The van der Waals surface area contributed by atoms with E-state index in [4.69, 9.17) is 15.0 Å². The van der Waals surface area contributed by atoms with Crippen LogP contribution in [0, 0.1) is 6.07 Å². The van der Waals surface area contributed by atoms with Crippen molar-refractivity contribution in [1.29, 1.82) is 0 Å². The van der Waals surface area contributed by atoms with Gasteiger partial charge in [-0.15, -0.1) is 45.9 Å². The van der Waals surface area contributed by atoms with Gasteiger partial charge in [-0.1, -0.05) is 207 Å². The second-order valence-electron chi connectivity index (χ2n) is 18.4. The fraction of sp³-hybridized carbons (Fsp3) is 0.0625. The molecule has 0 atom stereocenters. The van der Waals surface area contributed by atoms with Crippen LogP contribution in [-0.4, -0.2) is 14.5 Å². The summed E-state index contributed by atoms with van der Waals surface area (Å²) in [6, 6.07) is 84.6. The predicted octanol–water partition coefficient (Wildman–Crippen LogP) is 15.2. The minimum absolute atomic E-state index is 0. The van der Waals surface area contributed by atoms with Crippen molar-refractivity contribution in [2.45, 2.75) is 24.7 Å². The molecule has 9 aromatic carbocycles. The normalized spacial score (nSPS) is 12.8. The molecule has 3 aromatic heterocycles. The average Bonchev–Trinajstić information content (AvgIpc) is 4.09. The summed E-state index contributed by atoms with van der Waals surface area (Å²) in [7, 11) is 0. The second-order valence-corrected chi connectivity index (χ2v) is 18.4. The molecule has 0 radical (unpaired) electrons. The molecule has 330 valence electrons. The molecule has 0 fully saturated rings. The van der Waals surface area contributed by atoms with E-state index in [-0.39, 0.29) is 21.1 Å². The average molecular weight is 1060 g/mol. The number of pyridine rings is 1. The van der Waals surface area contributed by atoms with Gasteiger partial charge in [-0.3, -0.25) is 9.55 Å². The maximum absolute atomic E-state index is 5.86. The Hall–Kier alpha value is -7.91. The summed E-state index contributed by atoms with van der Waals surface area (Å²) in [5.74, 6) is 0.828. The van der Waals surface area contributed by atoms with E-state index in [0.29, 0.717) is 0 Å². The zero-order chi connectivity index (χ0) is 45.4. The number of imidazole rings is 1. The third kappa shape index (κ3) is 6.54. The first-order valence-corrected chi connectivity index (χ1v) is 23.4. The SMILES string of the molecule is CC(C)(c1ccccc1)c1cc(-c2ccc(-c3ccccc3)c3c2nc(-c2cccc4c2[n-]c2ccccc24)n3-c2ccccc2)[c-]c(C2(c3ccccn3)c3ccccc3-c3ccccc32)c1.[Pt+2]. The third-order valence-electron chi connectivity index (χ3n) is 14.4. The largest absolute Gasteiger partial charge is 2.00 e. The fourth-order valence-corrected chi connectivity index (χ4v) is 11.1. The molecule has 5 heteroatoms. The number of aromatic nitrogens is 4. The molecule has 0 saturated heterocycles. The van der Waals surface area contributed by atoms with Crippen molar-refractivity contribution in [2.24, 2.45) is 0 Å². The molecule has 0 N–H and O–H groups in total. The van der Waals surface area contributed by atoms with E-state index in [1.165, 1.54) is 33.4 Å². The summed E-state index contributed by atoms with van der Waals surface area (Å²) < 4.78 is 2.35. The zero-order valence-corrected chi connectivity index (χ0v) is 40.3. The Balaban J connectivity index is 0.00000492. The number of hydrogen-bond acceptors (Lipinski definition) is 2. The molecule has 1 aliphatic carbocycles. The van der Waals surface area contributed by atoms with Crippen LogP contribution in [0.2, 0.25) is 0 Å². The van der Waals surface area contributed by atoms with Gasteiger partial charge in [-0.2, -0.15) is 0 Å². The molecule has 0 aliphatic heterocycles. The number of rotatable bonds is 8. The van der Waals surface area contributed by atoms with Crippen molar-refractivity contribution < 1.29 is 21.1 Å². The predicted molar refractivity (Wildman–Crippen MR) is 278 cm³/mol. The van der Waals surface area contributed by atoms with Gasteiger partial charge in [0.05, 0.1) is 22.1 Å². The van der Waals surface area contributed by atoms with Gasteiger partial charge in [0.1, 0.15) is 5.82 Å². The molecule has 13 rings (SSSR count). The van der Waals surface area contributed by atoms with Crippen molar-refractivity contribution in [1.82, 2.24) is 19.5 Å². The Bertz CT molecular complexity index is 3830. The molecule has 12 aromatic rings. The monoisotopic (exact) mass is 1060 g/mol. The van der Waals surface area contributed by atoms with Crippen molar-refractivity contribution >= 4 is 32.8 Å². The summed E-state index contributed by atoms with van der Waals surface area (Å²) >= 11 is 0. The minimum atomic E-state index is -0.773. The first-order chi connectivity index (χ1) is 33.5. The molecule has 0 spiro atoms. The van der Waals surface area contributed by atoms with Crippen LogP contribution in [0.3, 0.4) is 0 Å². The van der Waals surface area contributed by atoms with Crippen LogP contribution in [0.15, 0.2) is 231 Å². The van der Waals surface area contributed by atoms with Gasteiger partial charge < -0.3 is 4.98 Å². The van der Waals surface area contributed by atoms with Crippen molar-refractivity contribution in [2.75, 3.05) is 0 Å². The van der Waals surface area contributed by atoms with Crippen LogP contribution in [0.5, 0.6) is 0 Å². The maximum Gasteiger partial charge on any atom is 2.00 e. The first-order valence-electron chi connectivity index (χ1n) is 23.4. The van der Waals surface area contributed by atoms with Gasteiger partial charge in [-0.05, 0) is 73.8 Å². The Morgan fingerprint density at radius 1 is 0.522 bits per heavy atom. The van der Waals surface area contributed by atoms with E-state index in [0.717, 1.165) is 83.4 Å². The van der Waals surface area contributed by atoms with Crippen LogP contribution in [0.25, 0.3) is 83.3 Å². The van der Waals surface area contributed by atoms with Gasteiger partial charge >= 0.3 is 21.1 Å². The summed E-state index contributed by atoms with van der Waals surface area (Å²) in [6.45, 7) is 4.67. The summed E-state index contributed by atoms with van der Waals surface area (Å²) in [6.07, 6.45) is 1.92. The van der Waals surface area contributed by atoms with Crippen LogP contribution in [0.4, 0.5) is 0 Å². The van der Waals surface area contributed by atoms with E-state index in [1.54, 1.807) is 0 Å². The molecule has 3 heterocycles. The zero-order valence-electron chi connectivity index (χ0n) is 38.0. The van der Waals surface area contributed by atoms with Crippen LogP contribution < -0.4 is 4.98 Å². The number of hydrogen-bond donors (Lipinski definition) is 0. The van der Waals surface area contributed by atoms with E-state index < -0.39 is 10.8 Å². The molecule has 0 bridgehead atoms. The topological polar surface area (TPSA) is 44.8 Å². The van der Waals surface area contributed by atoms with E-state index in [1.807, 2.05) is 12.3 Å². The van der Waals surface area contributed by atoms with Gasteiger partial charge in [-0.25, -0.2) is 4.98 Å². The summed E-state index contributed by atoms with van der Waals surface area (Å²) in [5, 5.41) is 2.24. The van der Waals surface area contributed by atoms with Gasteiger partial charge in [0.15, 0.2) is 0 Å². The van der Waals surface area contributed by atoms with Crippen molar-refractivity contribution in [3.8, 4) is 50.5 Å². The third-order valence-corrected chi connectivity index (χ3v) is 14.4. The maximum atomic E-state index is 5.86. The molecule has 4 nitrogen and oxygen atoms in total. The van der Waals surface area contributed by atoms with E-state index >= 15 is 0 Å². The molecule has 1 aliphatic rings. The number of nitrogens with zero attached hydrogens (tertiary/aromatic N) is 4. The first kappa shape index (κ1) is 42.4. The van der Waals surface area contributed by atoms with Gasteiger partial charge in [0.25, 0.3) is 0 Å². The molecule has 0 unspecified atom stereocenters. The molecule has 0 amide bonds. The molecule has 69 heavy (non-hydrogen) atoms. The van der Waals surface area contributed by atoms with Crippen LogP contribution in [-0.2, 0) is 31.9 Å². The Kier molecular flexibility index (Phi) is 10.3. The molecular weight excluding hydrogens is 1020 g/mol. The smallest absolute Gasteiger partial charge is 0.656 e. The quantitative estimate of drug-likeness (QED) is 0.142. The Morgan fingerprint density at radius 3 is 1.86 bits per heavy atom. The van der Waals surface area contributed by atoms with Crippen LogP contribution in [0.1, 0.15) is 47.4 Å². The van der Waals surface area contributed by atoms with Crippen molar-refractivity contribution in [3.63, 3.8) is 0 Å². The van der Waals surface area contributed by atoms with E-state index in [2.05, 4.69) is 243 Å². The second kappa shape index (κ2) is 16.7. The Morgan fingerprint density at radius 2 is 1.13 bits per heavy atom. The summed E-state index contributed by atoms with van der Waals surface area (Å²) in [5.41, 5.74) is 18.0. The number of para-hydroxylation sites is 3. The Labute approximate surface area is 416 Å². The van der Waals surface area contributed by atoms with Gasteiger partial charge in [0.2, 0.25) is 0 Å².